The van der Waals surface area contributed by atoms with E-state index in [-0.39, 0.29) is 13.2 Å². The molecule has 13 heavy (non-hydrogen) atoms. The Labute approximate surface area is 72.8 Å². The van der Waals surface area contributed by atoms with Gasteiger partial charge in [-0.1, -0.05) is 0 Å². The molecule has 0 aliphatic heterocycles. The molecule has 0 saturated carbocycles. The second kappa shape index (κ2) is 7.03. The highest BCUT2D eigenvalue weighted by Crippen LogP contribution is 1.88. The highest BCUT2D eigenvalue weighted by Gasteiger charge is 1.95. The SMILES string of the molecule is O=[N+]([O-])OCCCCNO[N+](=O)[O-]. The maximum atomic E-state index is 9.63. The molecule has 0 rings (SSSR count). The average Bonchev–Trinajstić information content (AvgIpc) is 2.01. The van der Waals surface area contributed by atoms with Crippen molar-refractivity contribution in [3.05, 3.63) is 20.2 Å². The first kappa shape index (κ1) is 11.4. The van der Waals surface area contributed by atoms with Crippen molar-refractivity contribution in [2.24, 2.45) is 0 Å². The maximum Gasteiger partial charge on any atom is 0.311 e. The first-order chi connectivity index (χ1) is 6.13. The van der Waals surface area contributed by atoms with Crippen LogP contribution in [0.4, 0.5) is 0 Å². The van der Waals surface area contributed by atoms with Crippen molar-refractivity contribution in [1.82, 2.24) is 5.48 Å². The molecule has 0 fully saturated rings. The molecule has 0 atom stereocenters. The topological polar surface area (TPSA) is 117 Å². The average molecular weight is 195 g/mol. The summed E-state index contributed by atoms with van der Waals surface area (Å²) in [6.07, 6.45) is 0.913. The molecule has 0 spiro atoms. The van der Waals surface area contributed by atoms with Crippen LogP contribution in [0.2, 0.25) is 0 Å². The van der Waals surface area contributed by atoms with Crippen LogP contribution in [0, 0.1) is 20.2 Å². The fourth-order valence-corrected chi connectivity index (χ4v) is 0.537. The Hall–Kier alpha value is -1.64. The lowest BCUT2D eigenvalue weighted by molar-refractivity contribution is -0.776. The molecular formula is C4H9N3O6. The Bertz CT molecular complexity index is 155. The van der Waals surface area contributed by atoms with E-state index in [4.69, 9.17) is 0 Å². The summed E-state index contributed by atoms with van der Waals surface area (Å²) in [7, 11) is 0. The van der Waals surface area contributed by atoms with Gasteiger partial charge in [-0.15, -0.1) is 20.2 Å². The van der Waals surface area contributed by atoms with Gasteiger partial charge in [0.1, 0.15) is 0 Å². The zero-order chi connectivity index (χ0) is 10.1. The standard InChI is InChI=1S/C4H9N3O6/c8-6(9)12-4-2-1-3-5-13-7(10)11/h5H,1-4H2. The minimum Gasteiger partial charge on any atom is -0.314 e. The second-order valence-corrected chi connectivity index (χ2v) is 1.97. The molecule has 1 N–H and O–H groups in total. The number of rotatable bonds is 8. The summed E-state index contributed by atoms with van der Waals surface area (Å²) in [5.74, 6) is 0. The summed E-state index contributed by atoms with van der Waals surface area (Å²) < 4.78 is 0. The number of hydrogen-bond donors (Lipinski definition) is 1. The van der Waals surface area contributed by atoms with E-state index in [0.717, 1.165) is 0 Å². The highest BCUT2D eigenvalue weighted by molar-refractivity contribution is 4.37. The Morgan fingerprint density at radius 3 is 2.38 bits per heavy atom. The summed E-state index contributed by atoms with van der Waals surface area (Å²) in [6, 6.07) is 0. The van der Waals surface area contributed by atoms with Gasteiger partial charge in [0.2, 0.25) is 0 Å². The van der Waals surface area contributed by atoms with E-state index in [0.29, 0.717) is 12.8 Å². The van der Waals surface area contributed by atoms with Crippen molar-refractivity contribution in [3.63, 3.8) is 0 Å². The lowest BCUT2D eigenvalue weighted by Crippen LogP contribution is -2.20. The Kier molecular flexibility index (Phi) is 6.15. The highest BCUT2D eigenvalue weighted by atomic mass is 17.0. The van der Waals surface area contributed by atoms with Gasteiger partial charge in [-0.25, -0.2) is 4.94 Å². The maximum absolute atomic E-state index is 9.63. The van der Waals surface area contributed by atoms with Crippen molar-refractivity contribution >= 4 is 0 Å². The summed E-state index contributed by atoms with van der Waals surface area (Å²) >= 11 is 0. The fraction of sp³-hybridized carbons (Fsp3) is 1.00. The van der Waals surface area contributed by atoms with Gasteiger partial charge in [0.15, 0.2) is 0 Å². The monoisotopic (exact) mass is 195 g/mol. The predicted octanol–water partition coefficient (Wildman–Crippen LogP) is -0.312. The molecule has 0 aromatic heterocycles. The van der Waals surface area contributed by atoms with Crippen molar-refractivity contribution in [2.45, 2.75) is 12.8 Å². The third-order valence-corrected chi connectivity index (χ3v) is 1.01. The van der Waals surface area contributed by atoms with Gasteiger partial charge in [-0.2, -0.15) is 5.48 Å². The van der Waals surface area contributed by atoms with Gasteiger partial charge in [-0.05, 0) is 12.8 Å². The molecule has 0 unspecified atom stereocenters. The van der Waals surface area contributed by atoms with E-state index in [1.54, 1.807) is 0 Å². The number of hydrogen-bond acceptors (Lipinski definition) is 7. The Morgan fingerprint density at radius 2 is 1.85 bits per heavy atom. The van der Waals surface area contributed by atoms with Gasteiger partial charge in [-0.3, -0.25) is 0 Å². The summed E-state index contributed by atoms with van der Waals surface area (Å²) in [5.41, 5.74) is 2.05. The van der Waals surface area contributed by atoms with Crippen molar-refractivity contribution in [3.8, 4) is 0 Å². The molecule has 0 radical (unpaired) electrons. The zero-order valence-corrected chi connectivity index (χ0v) is 6.67. The van der Waals surface area contributed by atoms with E-state index >= 15 is 0 Å². The van der Waals surface area contributed by atoms with Gasteiger partial charge < -0.3 is 4.84 Å². The minimum atomic E-state index is -0.979. The largest absolute Gasteiger partial charge is 0.314 e. The van der Waals surface area contributed by atoms with Crippen LogP contribution in [0.25, 0.3) is 0 Å². The normalized spacial score (nSPS) is 9.23. The van der Waals surface area contributed by atoms with Crippen molar-refractivity contribution < 1.29 is 19.9 Å². The molecule has 9 nitrogen and oxygen atoms in total. The molecule has 0 aromatic rings. The van der Waals surface area contributed by atoms with E-state index in [9.17, 15) is 20.2 Å². The first-order valence-corrected chi connectivity index (χ1v) is 3.44. The quantitative estimate of drug-likeness (QED) is 0.320. The zero-order valence-electron chi connectivity index (χ0n) is 6.67. The fourth-order valence-electron chi connectivity index (χ4n) is 0.537. The van der Waals surface area contributed by atoms with Crippen LogP contribution in [-0.2, 0) is 9.78 Å². The van der Waals surface area contributed by atoms with Gasteiger partial charge in [0.25, 0.3) is 5.09 Å². The van der Waals surface area contributed by atoms with Crippen LogP contribution in [-0.4, -0.2) is 23.3 Å². The summed E-state index contributed by atoms with van der Waals surface area (Å²) in [5, 5.41) is 17.3. The smallest absolute Gasteiger partial charge is 0.311 e. The molecule has 0 aromatic carbocycles. The van der Waals surface area contributed by atoms with Crippen LogP contribution in [0.15, 0.2) is 0 Å². The lowest BCUT2D eigenvalue weighted by atomic mass is 10.3. The Balaban J connectivity index is 3.00. The number of nitrogens with one attached hydrogen (secondary N) is 1. The summed E-state index contributed by atoms with van der Waals surface area (Å²) in [6.45, 7) is 0.217. The van der Waals surface area contributed by atoms with Crippen LogP contribution in [0.5, 0.6) is 0 Å². The Morgan fingerprint density at radius 1 is 1.15 bits per heavy atom. The van der Waals surface area contributed by atoms with E-state index in [2.05, 4.69) is 9.78 Å². The lowest BCUT2D eigenvalue weighted by Gasteiger charge is -2.00. The van der Waals surface area contributed by atoms with Crippen LogP contribution >= 0.6 is 0 Å². The van der Waals surface area contributed by atoms with E-state index < -0.39 is 10.2 Å². The molecule has 9 heteroatoms. The number of nitrogens with zero attached hydrogens (tertiary/aromatic N) is 2. The third kappa shape index (κ3) is 10.4. The first-order valence-electron chi connectivity index (χ1n) is 3.44. The van der Waals surface area contributed by atoms with E-state index in [1.165, 1.54) is 0 Å². The molecule has 0 heterocycles. The molecule has 0 aliphatic carbocycles. The van der Waals surface area contributed by atoms with E-state index in [1.807, 2.05) is 5.48 Å². The van der Waals surface area contributed by atoms with Crippen LogP contribution in [0.1, 0.15) is 12.8 Å². The van der Waals surface area contributed by atoms with Gasteiger partial charge in [0, 0.05) is 6.54 Å². The molecule has 76 valence electrons. The number of unbranched alkanes of at least 4 members (excludes halogenated alkanes) is 1. The number of hydroxylamine groups is 1. The predicted molar refractivity (Wildman–Crippen MR) is 38.3 cm³/mol. The minimum absolute atomic E-state index is 0.0207. The molecule has 0 bridgehead atoms. The van der Waals surface area contributed by atoms with Crippen LogP contribution < -0.4 is 5.48 Å². The molecule has 0 saturated heterocycles. The second-order valence-electron chi connectivity index (χ2n) is 1.97. The molecular weight excluding hydrogens is 186 g/mol. The molecule has 0 aliphatic rings. The van der Waals surface area contributed by atoms with Gasteiger partial charge in [0.05, 0.1) is 6.61 Å². The van der Waals surface area contributed by atoms with Crippen molar-refractivity contribution in [2.75, 3.05) is 13.2 Å². The van der Waals surface area contributed by atoms with Crippen LogP contribution in [0.3, 0.4) is 0 Å². The molecule has 0 amide bonds. The third-order valence-electron chi connectivity index (χ3n) is 1.01. The van der Waals surface area contributed by atoms with Gasteiger partial charge >= 0.3 is 5.09 Å². The van der Waals surface area contributed by atoms with Crippen molar-refractivity contribution in [1.29, 1.82) is 0 Å². The summed E-state index contributed by atoms with van der Waals surface area (Å²) in [4.78, 5) is 27.0.